The minimum absolute atomic E-state index is 0.311. The van der Waals surface area contributed by atoms with Gasteiger partial charge >= 0.3 is 5.97 Å². The molecule has 100 valence electrons. The minimum atomic E-state index is -0.895. The van der Waals surface area contributed by atoms with Crippen molar-refractivity contribution in [3.05, 3.63) is 35.9 Å². The number of aromatic nitrogens is 2. The molecule has 1 fully saturated rings. The Morgan fingerprint density at radius 2 is 2.42 bits per heavy atom. The van der Waals surface area contributed by atoms with Gasteiger partial charge in [0.1, 0.15) is 5.82 Å². The van der Waals surface area contributed by atoms with Gasteiger partial charge in [0, 0.05) is 17.9 Å². The molecular weight excluding hydrogens is 260 g/mol. The maximum atomic E-state index is 10.9. The first-order chi connectivity index (χ1) is 9.24. The molecule has 0 radical (unpaired) electrons. The minimum Gasteiger partial charge on any atom is -0.478 e. The Morgan fingerprint density at radius 1 is 1.53 bits per heavy atom. The van der Waals surface area contributed by atoms with E-state index in [9.17, 15) is 4.79 Å². The fourth-order valence-corrected chi connectivity index (χ4v) is 3.82. The van der Waals surface area contributed by atoms with Gasteiger partial charge in [0.15, 0.2) is 0 Å². The Hall–Kier alpha value is -1.49. The number of imidazole rings is 1. The number of carboxylic acids is 1. The second kappa shape index (κ2) is 5.25. The van der Waals surface area contributed by atoms with Gasteiger partial charge in [-0.25, -0.2) is 9.78 Å². The number of aromatic carboxylic acids is 1. The van der Waals surface area contributed by atoms with E-state index < -0.39 is 5.97 Å². The molecule has 0 bridgehead atoms. The monoisotopic (exact) mass is 276 g/mol. The number of hydrogen-bond acceptors (Lipinski definition) is 3. The molecule has 2 aromatic heterocycles. The number of fused-ring (bicyclic) bond motifs is 1. The summed E-state index contributed by atoms with van der Waals surface area (Å²) < 4.78 is 2.00. The quantitative estimate of drug-likeness (QED) is 0.936. The Bertz CT molecular complexity index is 603. The maximum absolute atomic E-state index is 10.9. The smallest absolute Gasteiger partial charge is 0.335 e. The molecule has 2 aromatic rings. The van der Waals surface area contributed by atoms with E-state index in [2.05, 4.69) is 4.98 Å². The van der Waals surface area contributed by atoms with Crippen molar-refractivity contribution in [2.24, 2.45) is 0 Å². The Labute approximate surface area is 115 Å². The molecule has 1 unspecified atom stereocenters. The fourth-order valence-electron chi connectivity index (χ4n) is 2.51. The fraction of sp³-hybridized carbons (Fsp3) is 0.429. The topological polar surface area (TPSA) is 54.6 Å². The second-order valence-electron chi connectivity index (χ2n) is 4.88. The highest BCUT2D eigenvalue weighted by atomic mass is 32.2. The Kier molecular flexibility index (Phi) is 3.46. The van der Waals surface area contributed by atoms with Gasteiger partial charge in [-0.1, -0.05) is 6.42 Å². The first kappa shape index (κ1) is 12.5. The third kappa shape index (κ3) is 2.61. The lowest BCUT2D eigenvalue weighted by molar-refractivity contribution is 0.0697. The van der Waals surface area contributed by atoms with Gasteiger partial charge in [-0.15, -0.1) is 0 Å². The number of carbonyl (C=O) groups is 1. The maximum Gasteiger partial charge on any atom is 0.335 e. The van der Waals surface area contributed by atoms with Crippen LogP contribution in [0.4, 0.5) is 0 Å². The molecule has 1 aliphatic heterocycles. The molecule has 0 aromatic carbocycles. The van der Waals surface area contributed by atoms with Gasteiger partial charge in [-0.3, -0.25) is 0 Å². The molecular formula is C14H16N2O2S. The van der Waals surface area contributed by atoms with Crippen molar-refractivity contribution in [2.75, 3.05) is 5.75 Å². The predicted octanol–water partition coefficient (Wildman–Crippen LogP) is 2.86. The third-order valence-electron chi connectivity index (χ3n) is 3.54. The van der Waals surface area contributed by atoms with E-state index in [4.69, 9.17) is 5.11 Å². The lowest BCUT2D eigenvalue weighted by atomic mass is 10.1. The molecule has 0 amide bonds. The van der Waals surface area contributed by atoms with E-state index in [1.807, 2.05) is 22.4 Å². The third-order valence-corrected chi connectivity index (χ3v) is 4.94. The SMILES string of the molecule is O=C(O)c1ccn2c(CC3CCCCS3)ncc2c1. The van der Waals surface area contributed by atoms with Gasteiger partial charge in [0.05, 0.1) is 17.3 Å². The van der Waals surface area contributed by atoms with E-state index in [1.165, 1.54) is 25.0 Å². The zero-order chi connectivity index (χ0) is 13.2. The van der Waals surface area contributed by atoms with Crippen molar-refractivity contribution in [3.63, 3.8) is 0 Å². The van der Waals surface area contributed by atoms with E-state index in [0.717, 1.165) is 17.8 Å². The van der Waals surface area contributed by atoms with Crippen molar-refractivity contribution in [1.29, 1.82) is 0 Å². The lowest BCUT2D eigenvalue weighted by Crippen LogP contribution is -2.14. The van der Waals surface area contributed by atoms with Crippen LogP contribution in [0.2, 0.25) is 0 Å². The molecule has 1 aliphatic rings. The summed E-state index contributed by atoms with van der Waals surface area (Å²) in [6.07, 6.45) is 8.43. The van der Waals surface area contributed by atoms with Crippen LogP contribution < -0.4 is 0 Å². The van der Waals surface area contributed by atoms with Crippen molar-refractivity contribution in [2.45, 2.75) is 30.9 Å². The van der Waals surface area contributed by atoms with Crippen LogP contribution in [0.3, 0.4) is 0 Å². The van der Waals surface area contributed by atoms with Crippen LogP contribution in [0.1, 0.15) is 35.4 Å². The van der Waals surface area contributed by atoms with Crippen LogP contribution >= 0.6 is 11.8 Å². The summed E-state index contributed by atoms with van der Waals surface area (Å²) in [6, 6.07) is 3.31. The molecule has 0 saturated carbocycles. The summed E-state index contributed by atoms with van der Waals surface area (Å²) >= 11 is 2.03. The average molecular weight is 276 g/mol. The first-order valence-electron chi connectivity index (χ1n) is 6.55. The van der Waals surface area contributed by atoms with Crippen LogP contribution in [-0.2, 0) is 6.42 Å². The van der Waals surface area contributed by atoms with Crippen molar-refractivity contribution in [3.8, 4) is 0 Å². The lowest BCUT2D eigenvalue weighted by Gasteiger charge is -2.20. The highest BCUT2D eigenvalue weighted by Crippen LogP contribution is 2.27. The number of carboxylic acid groups (broad SMARTS) is 1. The molecule has 4 nitrogen and oxygen atoms in total. The predicted molar refractivity (Wildman–Crippen MR) is 76.0 cm³/mol. The highest BCUT2D eigenvalue weighted by Gasteiger charge is 2.17. The summed E-state index contributed by atoms with van der Waals surface area (Å²) in [4.78, 5) is 15.4. The number of pyridine rings is 1. The van der Waals surface area contributed by atoms with E-state index in [-0.39, 0.29) is 0 Å². The van der Waals surface area contributed by atoms with Crippen LogP contribution in [0.15, 0.2) is 24.5 Å². The number of hydrogen-bond donors (Lipinski definition) is 1. The largest absolute Gasteiger partial charge is 0.478 e. The summed E-state index contributed by atoms with van der Waals surface area (Å²) in [7, 11) is 0. The molecule has 1 N–H and O–H groups in total. The van der Waals surface area contributed by atoms with Gasteiger partial charge in [-0.2, -0.15) is 11.8 Å². The van der Waals surface area contributed by atoms with E-state index in [1.54, 1.807) is 18.3 Å². The number of nitrogens with zero attached hydrogens (tertiary/aromatic N) is 2. The molecule has 3 heterocycles. The van der Waals surface area contributed by atoms with Crippen LogP contribution in [0, 0.1) is 0 Å². The molecule has 1 saturated heterocycles. The van der Waals surface area contributed by atoms with Crippen LogP contribution in [-0.4, -0.2) is 31.5 Å². The standard InChI is InChI=1S/C14H16N2O2S/c17-14(18)10-4-5-16-11(7-10)9-15-13(16)8-12-3-1-2-6-19-12/h4-5,7,9,12H,1-3,6,8H2,(H,17,18). The Balaban J connectivity index is 1.86. The summed E-state index contributed by atoms with van der Waals surface area (Å²) in [6.45, 7) is 0. The van der Waals surface area contributed by atoms with Crippen LogP contribution in [0.25, 0.3) is 5.52 Å². The average Bonchev–Trinajstić information content (AvgIpc) is 2.82. The van der Waals surface area contributed by atoms with Gasteiger partial charge in [0.25, 0.3) is 0 Å². The number of rotatable bonds is 3. The Morgan fingerprint density at radius 3 is 3.16 bits per heavy atom. The second-order valence-corrected chi connectivity index (χ2v) is 6.29. The van der Waals surface area contributed by atoms with Crippen LogP contribution in [0.5, 0.6) is 0 Å². The molecule has 0 spiro atoms. The van der Waals surface area contributed by atoms with Gasteiger partial charge in [-0.05, 0) is 30.7 Å². The zero-order valence-corrected chi connectivity index (χ0v) is 11.4. The van der Waals surface area contributed by atoms with E-state index in [0.29, 0.717) is 10.8 Å². The van der Waals surface area contributed by atoms with E-state index >= 15 is 0 Å². The summed E-state index contributed by atoms with van der Waals surface area (Å²) in [5.74, 6) is 1.39. The first-order valence-corrected chi connectivity index (χ1v) is 7.60. The molecule has 1 atom stereocenters. The summed E-state index contributed by atoms with van der Waals surface area (Å²) in [5.41, 5.74) is 1.17. The highest BCUT2D eigenvalue weighted by molar-refractivity contribution is 7.99. The molecule has 0 aliphatic carbocycles. The van der Waals surface area contributed by atoms with Gasteiger partial charge in [0.2, 0.25) is 0 Å². The number of thioether (sulfide) groups is 1. The summed E-state index contributed by atoms with van der Waals surface area (Å²) in [5, 5.41) is 9.63. The van der Waals surface area contributed by atoms with Gasteiger partial charge < -0.3 is 9.51 Å². The van der Waals surface area contributed by atoms with Crippen molar-refractivity contribution >= 4 is 23.2 Å². The molecule has 3 rings (SSSR count). The molecule has 5 heteroatoms. The zero-order valence-electron chi connectivity index (χ0n) is 10.6. The van der Waals surface area contributed by atoms with Crippen molar-refractivity contribution in [1.82, 2.24) is 9.38 Å². The normalized spacial score (nSPS) is 19.7. The molecule has 19 heavy (non-hydrogen) atoms. The van der Waals surface area contributed by atoms with Crippen molar-refractivity contribution < 1.29 is 9.90 Å².